The highest BCUT2D eigenvalue weighted by Crippen LogP contribution is 2.26. The summed E-state index contributed by atoms with van der Waals surface area (Å²) in [4.78, 5) is 16.6. The Labute approximate surface area is 151 Å². The van der Waals surface area contributed by atoms with E-state index in [1.807, 2.05) is 11.0 Å². The molecule has 2 fully saturated rings. The third kappa shape index (κ3) is 4.46. The number of rotatable bonds is 6. The molecular formula is C20H31N3O2. The number of aryl methyl sites for hydroxylation is 2. The topological polar surface area (TPSA) is 44.8 Å². The van der Waals surface area contributed by atoms with Gasteiger partial charge in [-0.15, -0.1) is 0 Å². The van der Waals surface area contributed by atoms with Gasteiger partial charge in [-0.1, -0.05) is 18.2 Å². The number of hydrogen-bond donors (Lipinski definition) is 1. The predicted molar refractivity (Wildman–Crippen MR) is 100 cm³/mol. The number of likely N-dealkylation sites (tertiary alicyclic amines) is 2. The average molecular weight is 345 g/mol. The molecule has 1 atom stereocenters. The van der Waals surface area contributed by atoms with Crippen molar-refractivity contribution in [2.45, 2.75) is 52.2 Å². The number of benzene rings is 1. The van der Waals surface area contributed by atoms with E-state index in [4.69, 9.17) is 4.74 Å². The molecule has 0 saturated carbocycles. The fraction of sp³-hybridized carbons (Fsp3) is 0.650. The molecule has 2 amide bonds. The van der Waals surface area contributed by atoms with Gasteiger partial charge in [0.2, 0.25) is 0 Å². The van der Waals surface area contributed by atoms with Gasteiger partial charge in [-0.3, -0.25) is 0 Å². The second-order valence-electron chi connectivity index (χ2n) is 7.48. The number of nitrogens with one attached hydrogen (secondary N) is 1. The van der Waals surface area contributed by atoms with Crippen molar-refractivity contribution >= 4 is 6.03 Å². The van der Waals surface area contributed by atoms with Gasteiger partial charge in [0.15, 0.2) is 0 Å². The molecular weight excluding hydrogens is 314 g/mol. The molecule has 0 bridgehead atoms. The van der Waals surface area contributed by atoms with E-state index in [9.17, 15) is 4.79 Å². The summed E-state index contributed by atoms with van der Waals surface area (Å²) >= 11 is 0. The lowest BCUT2D eigenvalue weighted by Gasteiger charge is -2.39. The standard InChI is InChI=1S/C20H31N3O2/c1-15-7-6-8-16(2)19(15)25-18-13-23(14-18)20(24)21-10-9-17(3)22-11-4-5-12-22/h6-8,17-18H,4-5,9-14H2,1-3H3,(H,21,24)/t17-/m1/s1. The van der Waals surface area contributed by atoms with Gasteiger partial charge in [0.1, 0.15) is 11.9 Å². The van der Waals surface area contributed by atoms with Crippen LogP contribution in [0.15, 0.2) is 18.2 Å². The molecule has 0 spiro atoms. The van der Waals surface area contributed by atoms with Gasteiger partial charge >= 0.3 is 6.03 Å². The van der Waals surface area contributed by atoms with Crippen molar-refractivity contribution in [2.24, 2.45) is 0 Å². The van der Waals surface area contributed by atoms with Crippen molar-refractivity contribution in [1.29, 1.82) is 0 Å². The fourth-order valence-electron chi connectivity index (χ4n) is 3.69. The van der Waals surface area contributed by atoms with Crippen LogP contribution < -0.4 is 10.1 Å². The normalized spacial score (nSPS) is 19.6. The molecule has 1 aromatic rings. The molecule has 0 aliphatic carbocycles. The molecule has 3 rings (SSSR count). The Morgan fingerprint density at radius 2 is 1.88 bits per heavy atom. The summed E-state index contributed by atoms with van der Waals surface area (Å²) in [6.45, 7) is 10.9. The summed E-state index contributed by atoms with van der Waals surface area (Å²) in [6.07, 6.45) is 3.74. The van der Waals surface area contributed by atoms with Crippen LogP contribution in [0.3, 0.4) is 0 Å². The van der Waals surface area contributed by atoms with E-state index in [1.54, 1.807) is 0 Å². The van der Waals surface area contributed by atoms with E-state index < -0.39 is 0 Å². The van der Waals surface area contributed by atoms with Crippen LogP contribution in [0.2, 0.25) is 0 Å². The lowest BCUT2D eigenvalue weighted by Crippen LogP contribution is -2.59. The van der Waals surface area contributed by atoms with E-state index in [-0.39, 0.29) is 12.1 Å². The Morgan fingerprint density at radius 1 is 1.24 bits per heavy atom. The van der Waals surface area contributed by atoms with Crippen LogP contribution in [0.5, 0.6) is 5.75 Å². The molecule has 0 unspecified atom stereocenters. The summed E-state index contributed by atoms with van der Waals surface area (Å²) in [6, 6.07) is 6.76. The molecule has 0 radical (unpaired) electrons. The number of ether oxygens (including phenoxy) is 1. The Kier molecular flexibility index (Phi) is 5.84. The number of carbonyl (C=O) groups excluding carboxylic acids is 1. The zero-order chi connectivity index (χ0) is 17.8. The maximum Gasteiger partial charge on any atom is 0.317 e. The maximum atomic E-state index is 12.2. The summed E-state index contributed by atoms with van der Waals surface area (Å²) < 4.78 is 6.07. The zero-order valence-corrected chi connectivity index (χ0v) is 15.8. The molecule has 2 saturated heterocycles. The first-order chi connectivity index (χ1) is 12.0. The molecule has 0 aromatic heterocycles. The Hall–Kier alpha value is -1.75. The van der Waals surface area contributed by atoms with Gasteiger partial charge in [0.05, 0.1) is 13.1 Å². The van der Waals surface area contributed by atoms with E-state index >= 15 is 0 Å². The van der Waals surface area contributed by atoms with Crippen molar-refractivity contribution < 1.29 is 9.53 Å². The highest BCUT2D eigenvalue weighted by atomic mass is 16.5. The van der Waals surface area contributed by atoms with E-state index in [0.29, 0.717) is 19.1 Å². The van der Waals surface area contributed by atoms with Gasteiger partial charge in [0, 0.05) is 12.6 Å². The largest absolute Gasteiger partial charge is 0.486 e. The molecule has 1 aromatic carbocycles. The highest BCUT2D eigenvalue weighted by Gasteiger charge is 2.32. The Balaban J connectivity index is 1.35. The van der Waals surface area contributed by atoms with Crippen molar-refractivity contribution in [2.75, 3.05) is 32.7 Å². The minimum absolute atomic E-state index is 0.0370. The number of amides is 2. The second kappa shape index (κ2) is 8.09. The van der Waals surface area contributed by atoms with E-state index in [0.717, 1.165) is 29.8 Å². The van der Waals surface area contributed by atoms with Crippen LogP contribution in [-0.2, 0) is 0 Å². The molecule has 5 nitrogen and oxygen atoms in total. The van der Waals surface area contributed by atoms with Gasteiger partial charge in [-0.25, -0.2) is 4.79 Å². The highest BCUT2D eigenvalue weighted by molar-refractivity contribution is 5.75. The molecule has 2 heterocycles. The SMILES string of the molecule is Cc1cccc(C)c1OC1CN(C(=O)NCC[C@@H](C)N2CCCC2)C1. The van der Waals surface area contributed by atoms with Crippen LogP contribution in [-0.4, -0.2) is 60.7 Å². The first kappa shape index (κ1) is 18.1. The third-order valence-corrected chi connectivity index (χ3v) is 5.43. The van der Waals surface area contributed by atoms with Crippen LogP contribution in [0, 0.1) is 13.8 Å². The first-order valence-electron chi connectivity index (χ1n) is 9.54. The van der Waals surface area contributed by atoms with Crippen LogP contribution in [0.25, 0.3) is 0 Å². The number of urea groups is 1. The first-order valence-corrected chi connectivity index (χ1v) is 9.54. The Morgan fingerprint density at radius 3 is 2.52 bits per heavy atom. The minimum Gasteiger partial charge on any atom is -0.486 e. The van der Waals surface area contributed by atoms with Gasteiger partial charge in [-0.05, 0) is 64.3 Å². The van der Waals surface area contributed by atoms with Crippen molar-refractivity contribution in [3.05, 3.63) is 29.3 Å². The number of carbonyl (C=O) groups is 1. The summed E-state index contributed by atoms with van der Waals surface area (Å²) in [5.74, 6) is 0.965. The average Bonchev–Trinajstić information content (AvgIpc) is 3.07. The molecule has 5 heteroatoms. The summed E-state index contributed by atoms with van der Waals surface area (Å²) in [7, 11) is 0. The van der Waals surface area contributed by atoms with Gasteiger partial charge < -0.3 is 19.9 Å². The number of nitrogens with zero attached hydrogens (tertiary/aromatic N) is 2. The van der Waals surface area contributed by atoms with Crippen LogP contribution in [0.1, 0.15) is 37.3 Å². The lowest BCUT2D eigenvalue weighted by atomic mass is 10.1. The predicted octanol–water partition coefficient (Wildman–Crippen LogP) is 2.95. The Bertz CT molecular complexity index is 572. The van der Waals surface area contributed by atoms with Gasteiger partial charge in [-0.2, -0.15) is 0 Å². The fourth-order valence-corrected chi connectivity index (χ4v) is 3.69. The molecule has 1 N–H and O–H groups in total. The minimum atomic E-state index is 0.0370. The zero-order valence-electron chi connectivity index (χ0n) is 15.8. The molecule has 25 heavy (non-hydrogen) atoms. The number of para-hydroxylation sites is 1. The lowest BCUT2D eigenvalue weighted by molar-refractivity contribution is 0.0434. The van der Waals surface area contributed by atoms with E-state index in [2.05, 4.69) is 43.1 Å². The quantitative estimate of drug-likeness (QED) is 0.862. The van der Waals surface area contributed by atoms with Crippen molar-refractivity contribution in [3.63, 3.8) is 0 Å². The van der Waals surface area contributed by atoms with Crippen molar-refractivity contribution in [3.8, 4) is 5.75 Å². The van der Waals surface area contributed by atoms with E-state index in [1.165, 1.54) is 25.9 Å². The summed E-state index contributed by atoms with van der Waals surface area (Å²) in [5.41, 5.74) is 2.30. The van der Waals surface area contributed by atoms with Crippen LogP contribution >= 0.6 is 0 Å². The molecule has 2 aliphatic heterocycles. The van der Waals surface area contributed by atoms with Crippen LogP contribution in [0.4, 0.5) is 4.79 Å². The molecule has 2 aliphatic rings. The third-order valence-electron chi connectivity index (χ3n) is 5.43. The smallest absolute Gasteiger partial charge is 0.317 e. The van der Waals surface area contributed by atoms with Crippen molar-refractivity contribution in [1.82, 2.24) is 15.1 Å². The second-order valence-corrected chi connectivity index (χ2v) is 7.48. The summed E-state index contributed by atoms with van der Waals surface area (Å²) in [5, 5.41) is 3.05. The maximum absolute atomic E-state index is 12.2. The molecule has 138 valence electrons. The van der Waals surface area contributed by atoms with Gasteiger partial charge in [0.25, 0.3) is 0 Å². The monoisotopic (exact) mass is 345 g/mol. The number of hydrogen-bond acceptors (Lipinski definition) is 3.